The van der Waals surface area contributed by atoms with Gasteiger partial charge in [0.05, 0.1) is 13.2 Å². The molecule has 0 aliphatic rings. The molecule has 0 radical (unpaired) electrons. The summed E-state index contributed by atoms with van der Waals surface area (Å²) >= 11 is 0. The molecule has 96 valence electrons. The Balaban J connectivity index is 3.31. The average molecular weight is 231 g/mol. The first-order chi connectivity index (χ1) is 7.52. The molecule has 4 nitrogen and oxygen atoms in total. The van der Waals surface area contributed by atoms with Gasteiger partial charge >= 0.3 is 5.97 Å². The fourth-order valence-electron chi connectivity index (χ4n) is 1.05. The highest BCUT2D eigenvalue weighted by molar-refractivity contribution is 5.70. The monoisotopic (exact) mass is 231 g/mol. The summed E-state index contributed by atoms with van der Waals surface area (Å²) in [7, 11) is 0. The van der Waals surface area contributed by atoms with Crippen molar-refractivity contribution < 1.29 is 14.3 Å². The summed E-state index contributed by atoms with van der Waals surface area (Å²) in [4.78, 5) is 10.9. The third-order valence-corrected chi connectivity index (χ3v) is 2.51. The first-order valence-electron chi connectivity index (χ1n) is 5.96. The fraction of sp³-hybridized carbons (Fsp3) is 0.917. The molecule has 4 heteroatoms. The van der Waals surface area contributed by atoms with Crippen LogP contribution >= 0.6 is 0 Å². The van der Waals surface area contributed by atoms with Crippen molar-refractivity contribution in [3.63, 3.8) is 0 Å². The maximum Gasteiger partial charge on any atom is 0.332 e. The Kier molecular flexibility index (Phi) is 8.21. The Labute approximate surface area is 98.7 Å². The number of carbonyl (C=O) groups excluding carboxylic acids is 1. The molecule has 0 amide bonds. The van der Waals surface area contributed by atoms with Crippen molar-refractivity contribution in [2.24, 2.45) is 5.41 Å². The largest absolute Gasteiger partial charge is 0.464 e. The first kappa shape index (κ1) is 15.4. The van der Waals surface area contributed by atoms with E-state index in [0.29, 0.717) is 18.6 Å². The Morgan fingerprint density at radius 3 is 2.56 bits per heavy atom. The van der Waals surface area contributed by atoms with Gasteiger partial charge in [-0.3, -0.25) is 0 Å². The third-order valence-electron chi connectivity index (χ3n) is 2.51. The van der Waals surface area contributed by atoms with Gasteiger partial charge in [0.1, 0.15) is 6.61 Å². The topological polar surface area (TPSA) is 47.6 Å². The quantitative estimate of drug-likeness (QED) is 0.483. The zero-order valence-corrected chi connectivity index (χ0v) is 11.0. The summed E-state index contributed by atoms with van der Waals surface area (Å²) in [5.41, 5.74) is 0.321. The molecule has 0 aliphatic heterocycles. The van der Waals surface area contributed by atoms with Gasteiger partial charge in [-0.15, -0.1) is 0 Å². The Morgan fingerprint density at radius 2 is 2.00 bits per heavy atom. The molecule has 0 bridgehead atoms. The predicted molar refractivity (Wildman–Crippen MR) is 64.4 cm³/mol. The number of nitrogens with one attached hydrogen (secondary N) is 1. The van der Waals surface area contributed by atoms with Crippen molar-refractivity contribution >= 4 is 5.97 Å². The molecular formula is C12H25NO3. The standard InChI is InChI=1S/C12H25NO3/c1-5-12(3,4)10-13-7-8-15-9-11(14)16-6-2/h13H,5-10H2,1-4H3. The second kappa shape index (κ2) is 8.53. The van der Waals surface area contributed by atoms with Crippen LogP contribution in [0.2, 0.25) is 0 Å². The lowest BCUT2D eigenvalue weighted by atomic mass is 9.90. The smallest absolute Gasteiger partial charge is 0.332 e. The summed E-state index contributed by atoms with van der Waals surface area (Å²) in [6.07, 6.45) is 1.14. The molecule has 16 heavy (non-hydrogen) atoms. The molecule has 0 rings (SSSR count). The lowest BCUT2D eigenvalue weighted by Crippen LogP contribution is -2.31. The van der Waals surface area contributed by atoms with E-state index in [1.165, 1.54) is 0 Å². The van der Waals surface area contributed by atoms with Crippen LogP contribution in [0.15, 0.2) is 0 Å². The number of ether oxygens (including phenoxy) is 2. The molecule has 1 N–H and O–H groups in total. The zero-order chi connectivity index (χ0) is 12.4. The van der Waals surface area contributed by atoms with E-state index >= 15 is 0 Å². The maximum absolute atomic E-state index is 10.9. The highest BCUT2D eigenvalue weighted by atomic mass is 16.6. The lowest BCUT2D eigenvalue weighted by Gasteiger charge is -2.22. The Morgan fingerprint density at radius 1 is 1.31 bits per heavy atom. The highest BCUT2D eigenvalue weighted by Crippen LogP contribution is 2.17. The van der Waals surface area contributed by atoms with Crippen molar-refractivity contribution in [1.29, 1.82) is 0 Å². The van der Waals surface area contributed by atoms with Crippen LogP contribution in [0.5, 0.6) is 0 Å². The minimum atomic E-state index is -0.295. The van der Waals surface area contributed by atoms with E-state index in [1.54, 1.807) is 6.92 Å². The van der Waals surface area contributed by atoms with Crippen molar-refractivity contribution in [2.75, 3.05) is 32.9 Å². The molecule has 0 saturated heterocycles. The number of hydrogen-bond donors (Lipinski definition) is 1. The Bertz CT molecular complexity index is 193. The van der Waals surface area contributed by atoms with Crippen LogP contribution < -0.4 is 5.32 Å². The molecule has 0 aromatic heterocycles. The van der Waals surface area contributed by atoms with E-state index in [4.69, 9.17) is 9.47 Å². The van der Waals surface area contributed by atoms with Crippen LogP contribution in [0.25, 0.3) is 0 Å². The summed E-state index contributed by atoms with van der Waals surface area (Å²) in [5.74, 6) is -0.295. The van der Waals surface area contributed by atoms with Gasteiger partial charge in [0.25, 0.3) is 0 Å². The molecule has 0 spiro atoms. The minimum Gasteiger partial charge on any atom is -0.464 e. The molecule has 0 heterocycles. The summed E-state index contributed by atoms with van der Waals surface area (Å²) < 4.78 is 9.90. The van der Waals surface area contributed by atoms with E-state index in [-0.39, 0.29) is 12.6 Å². The normalized spacial score (nSPS) is 11.5. The van der Waals surface area contributed by atoms with E-state index < -0.39 is 0 Å². The van der Waals surface area contributed by atoms with Crippen LogP contribution in [0, 0.1) is 5.41 Å². The lowest BCUT2D eigenvalue weighted by molar-refractivity contribution is -0.148. The third kappa shape index (κ3) is 8.68. The number of esters is 1. The fourth-order valence-corrected chi connectivity index (χ4v) is 1.05. The molecule has 0 aliphatic carbocycles. The maximum atomic E-state index is 10.9. The summed E-state index contributed by atoms with van der Waals surface area (Å²) in [5, 5.41) is 3.31. The van der Waals surface area contributed by atoms with Crippen molar-refractivity contribution in [1.82, 2.24) is 5.32 Å². The van der Waals surface area contributed by atoms with E-state index in [9.17, 15) is 4.79 Å². The summed E-state index contributed by atoms with van der Waals surface area (Å²) in [6, 6.07) is 0. The molecule has 0 unspecified atom stereocenters. The van der Waals surface area contributed by atoms with Crippen molar-refractivity contribution in [3.05, 3.63) is 0 Å². The van der Waals surface area contributed by atoms with Gasteiger partial charge in [-0.2, -0.15) is 0 Å². The van der Waals surface area contributed by atoms with Crippen LogP contribution in [0.4, 0.5) is 0 Å². The van der Waals surface area contributed by atoms with Gasteiger partial charge in [0.15, 0.2) is 0 Å². The Hall–Kier alpha value is -0.610. The van der Waals surface area contributed by atoms with Gasteiger partial charge < -0.3 is 14.8 Å². The molecule has 0 aromatic carbocycles. The van der Waals surface area contributed by atoms with Crippen LogP contribution in [0.3, 0.4) is 0 Å². The minimum absolute atomic E-state index is 0.0483. The summed E-state index contributed by atoms with van der Waals surface area (Å²) in [6.45, 7) is 11.1. The SMILES string of the molecule is CCOC(=O)COCCNCC(C)(C)CC. The van der Waals surface area contributed by atoms with Gasteiger partial charge in [-0.05, 0) is 18.8 Å². The zero-order valence-electron chi connectivity index (χ0n) is 11.0. The molecule has 0 atom stereocenters. The van der Waals surface area contributed by atoms with E-state index in [0.717, 1.165) is 19.5 Å². The van der Waals surface area contributed by atoms with Gasteiger partial charge in [0, 0.05) is 13.1 Å². The molecule has 0 aromatic rings. The van der Waals surface area contributed by atoms with Crippen molar-refractivity contribution in [3.8, 4) is 0 Å². The highest BCUT2D eigenvalue weighted by Gasteiger charge is 2.13. The predicted octanol–water partition coefficient (Wildman–Crippen LogP) is 1.59. The number of hydrogen-bond acceptors (Lipinski definition) is 4. The van der Waals surface area contributed by atoms with Gasteiger partial charge in [0.2, 0.25) is 0 Å². The van der Waals surface area contributed by atoms with E-state index in [1.807, 2.05) is 0 Å². The van der Waals surface area contributed by atoms with Gasteiger partial charge in [-0.25, -0.2) is 4.79 Å². The van der Waals surface area contributed by atoms with Crippen LogP contribution in [0.1, 0.15) is 34.1 Å². The number of rotatable bonds is 9. The van der Waals surface area contributed by atoms with Crippen LogP contribution in [-0.4, -0.2) is 38.9 Å². The van der Waals surface area contributed by atoms with Crippen LogP contribution in [-0.2, 0) is 14.3 Å². The second-order valence-corrected chi connectivity index (χ2v) is 4.55. The van der Waals surface area contributed by atoms with E-state index in [2.05, 4.69) is 26.1 Å². The number of carbonyl (C=O) groups is 1. The molecule has 0 fully saturated rings. The molecule has 0 saturated carbocycles. The average Bonchev–Trinajstić information content (AvgIpc) is 2.23. The second-order valence-electron chi connectivity index (χ2n) is 4.55. The molecular weight excluding hydrogens is 206 g/mol. The van der Waals surface area contributed by atoms with Gasteiger partial charge in [-0.1, -0.05) is 20.8 Å². The first-order valence-corrected chi connectivity index (χ1v) is 5.96. The van der Waals surface area contributed by atoms with Crippen molar-refractivity contribution in [2.45, 2.75) is 34.1 Å².